The summed E-state index contributed by atoms with van der Waals surface area (Å²) in [6.07, 6.45) is 4.04. The van der Waals surface area contributed by atoms with Gasteiger partial charge in [0, 0.05) is 42.7 Å². The number of aromatic nitrogens is 1. The van der Waals surface area contributed by atoms with E-state index in [-0.39, 0.29) is 23.7 Å². The second kappa shape index (κ2) is 11.7. The van der Waals surface area contributed by atoms with Gasteiger partial charge in [-0.05, 0) is 80.6 Å². The van der Waals surface area contributed by atoms with Crippen molar-refractivity contribution in [2.45, 2.75) is 45.3 Å². The van der Waals surface area contributed by atoms with Crippen molar-refractivity contribution in [3.63, 3.8) is 0 Å². The standard InChI is InChI=1S/C30H33FN4O3S/c1-4-28(36)35-15-14-34(17-20(35)3)18-26(22-9-8-19(2)24(31)16-22)38-23-12-10-21(11-13-23)29(37)33-30-32-25-6-5-7-27(25)39-30/h4,8-13,16,20,26H,1,5-7,14-15,17-18H2,2-3H3,(H,32,33,37)/t20-,26+/m1/s1. The third kappa shape index (κ3) is 6.20. The van der Waals surface area contributed by atoms with Gasteiger partial charge in [0.05, 0.1) is 5.69 Å². The Kier molecular flexibility index (Phi) is 8.09. The summed E-state index contributed by atoms with van der Waals surface area (Å²) in [5.74, 6) is 0.0148. The Bertz CT molecular complexity index is 1350. The van der Waals surface area contributed by atoms with E-state index < -0.39 is 6.10 Å². The number of fused-ring (bicyclic) bond motifs is 1. The molecule has 1 N–H and O–H groups in total. The van der Waals surface area contributed by atoms with E-state index in [1.54, 1.807) is 48.6 Å². The Morgan fingerprint density at radius 2 is 2.03 bits per heavy atom. The molecule has 0 bridgehead atoms. The number of rotatable bonds is 8. The fourth-order valence-corrected chi connectivity index (χ4v) is 6.21. The van der Waals surface area contributed by atoms with Crippen LogP contribution >= 0.6 is 11.3 Å². The van der Waals surface area contributed by atoms with Crippen LogP contribution in [-0.2, 0) is 17.6 Å². The van der Waals surface area contributed by atoms with Gasteiger partial charge in [-0.3, -0.25) is 19.8 Å². The molecule has 1 aromatic heterocycles. The van der Waals surface area contributed by atoms with Gasteiger partial charge in [-0.1, -0.05) is 18.7 Å². The Labute approximate surface area is 232 Å². The van der Waals surface area contributed by atoms with E-state index >= 15 is 0 Å². The first-order chi connectivity index (χ1) is 18.8. The number of aryl methyl sites for hydroxylation is 3. The molecular weight excluding hydrogens is 515 g/mol. The van der Waals surface area contributed by atoms with Crippen LogP contribution in [0.3, 0.4) is 0 Å². The summed E-state index contributed by atoms with van der Waals surface area (Å²) < 4.78 is 20.9. The zero-order valence-electron chi connectivity index (χ0n) is 22.3. The van der Waals surface area contributed by atoms with Gasteiger partial charge in [0.1, 0.15) is 17.7 Å². The van der Waals surface area contributed by atoms with Crippen molar-refractivity contribution in [3.8, 4) is 5.75 Å². The van der Waals surface area contributed by atoms with E-state index in [1.807, 2.05) is 17.9 Å². The molecule has 3 aromatic rings. The molecule has 9 heteroatoms. The number of anilines is 1. The van der Waals surface area contributed by atoms with Crippen molar-refractivity contribution in [2.75, 3.05) is 31.5 Å². The molecule has 1 saturated heterocycles. The van der Waals surface area contributed by atoms with E-state index in [4.69, 9.17) is 4.74 Å². The number of amides is 2. The first-order valence-corrected chi connectivity index (χ1v) is 14.1. The van der Waals surface area contributed by atoms with Crippen LogP contribution in [0.5, 0.6) is 5.75 Å². The average molecular weight is 549 g/mol. The fourth-order valence-electron chi connectivity index (χ4n) is 5.16. The molecule has 2 atom stereocenters. The number of hydrogen-bond donors (Lipinski definition) is 1. The predicted octanol–water partition coefficient (Wildman–Crippen LogP) is 5.17. The van der Waals surface area contributed by atoms with Crippen molar-refractivity contribution in [1.82, 2.24) is 14.8 Å². The molecule has 1 fully saturated rings. The van der Waals surface area contributed by atoms with Crippen molar-refractivity contribution >= 4 is 28.3 Å². The Hall–Kier alpha value is -3.56. The van der Waals surface area contributed by atoms with Crippen LogP contribution in [0.25, 0.3) is 0 Å². The summed E-state index contributed by atoms with van der Waals surface area (Å²) in [5, 5.41) is 3.54. The van der Waals surface area contributed by atoms with Crippen molar-refractivity contribution in [3.05, 3.63) is 88.2 Å². The fraction of sp³-hybridized carbons (Fsp3) is 0.367. The van der Waals surface area contributed by atoms with E-state index in [0.29, 0.717) is 48.2 Å². The minimum Gasteiger partial charge on any atom is -0.484 e. The molecule has 7 nitrogen and oxygen atoms in total. The Balaban J connectivity index is 1.28. The minimum atomic E-state index is -0.439. The number of thiazole rings is 1. The number of halogens is 1. The van der Waals surface area contributed by atoms with Crippen molar-refractivity contribution < 1.29 is 18.7 Å². The lowest BCUT2D eigenvalue weighted by atomic mass is 10.0. The van der Waals surface area contributed by atoms with Crippen LogP contribution in [0.2, 0.25) is 0 Å². The van der Waals surface area contributed by atoms with Gasteiger partial charge in [0.25, 0.3) is 5.91 Å². The maximum atomic E-state index is 14.5. The second-order valence-electron chi connectivity index (χ2n) is 10.2. The van der Waals surface area contributed by atoms with Gasteiger partial charge >= 0.3 is 0 Å². The molecule has 2 amide bonds. The molecule has 5 rings (SSSR count). The quantitative estimate of drug-likeness (QED) is 0.393. The smallest absolute Gasteiger partial charge is 0.257 e. The molecule has 1 aliphatic carbocycles. The molecule has 0 saturated carbocycles. The van der Waals surface area contributed by atoms with Crippen LogP contribution in [0.4, 0.5) is 9.52 Å². The highest BCUT2D eigenvalue weighted by Crippen LogP contribution is 2.31. The van der Waals surface area contributed by atoms with Gasteiger partial charge in [0.2, 0.25) is 5.91 Å². The zero-order valence-corrected chi connectivity index (χ0v) is 23.1. The van der Waals surface area contributed by atoms with Gasteiger partial charge in [0.15, 0.2) is 5.13 Å². The van der Waals surface area contributed by atoms with Gasteiger partial charge in [-0.25, -0.2) is 9.37 Å². The minimum absolute atomic E-state index is 0.0245. The van der Waals surface area contributed by atoms with Crippen LogP contribution in [0.1, 0.15) is 51.5 Å². The SMILES string of the molecule is C=CC(=O)N1CCN(C[C@H](Oc2ccc(C(=O)Nc3nc4c(s3)CCC4)cc2)c2ccc(C)c(F)c2)C[C@H]1C. The highest BCUT2D eigenvalue weighted by atomic mass is 32.1. The summed E-state index contributed by atoms with van der Waals surface area (Å²) in [5.41, 5.74) is 2.91. The molecule has 2 aliphatic rings. The molecule has 0 radical (unpaired) electrons. The van der Waals surface area contributed by atoms with Crippen LogP contribution < -0.4 is 10.1 Å². The molecule has 2 aromatic carbocycles. The Morgan fingerprint density at radius 1 is 1.23 bits per heavy atom. The Morgan fingerprint density at radius 3 is 2.72 bits per heavy atom. The predicted molar refractivity (Wildman–Crippen MR) is 151 cm³/mol. The number of ether oxygens (including phenoxy) is 1. The van der Waals surface area contributed by atoms with E-state index in [9.17, 15) is 14.0 Å². The van der Waals surface area contributed by atoms with Gasteiger partial charge < -0.3 is 9.64 Å². The molecular formula is C30H33FN4O3S. The number of piperazine rings is 1. The topological polar surface area (TPSA) is 74.8 Å². The normalized spacial score (nSPS) is 17.9. The molecule has 1 aliphatic heterocycles. The highest BCUT2D eigenvalue weighted by Gasteiger charge is 2.29. The average Bonchev–Trinajstić information content (AvgIpc) is 3.52. The second-order valence-corrected chi connectivity index (χ2v) is 11.3. The third-order valence-corrected chi connectivity index (χ3v) is 8.44. The maximum absolute atomic E-state index is 14.5. The summed E-state index contributed by atoms with van der Waals surface area (Å²) in [6, 6.07) is 12.2. The number of hydrogen-bond acceptors (Lipinski definition) is 6. The molecule has 2 heterocycles. The summed E-state index contributed by atoms with van der Waals surface area (Å²) >= 11 is 1.55. The largest absolute Gasteiger partial charge is 0.484 e. The zero-order chi connectivity index (χ0) is 27.5. The van der Waals surface area contributed by atoms with Crippen molar-refractivity contribution in [1.29, 1.82) is 0 Å². The molecule has 0 spiro atoms. The summed E-state index contributed by atoms with van der Waals surface area (Å²) in [7, 11) is 0. The maximum Gasteiger partial charge on any atom is 0.257 e. The third-order valence-electron chi connectivity index (χ3n) is 7.37. The van der Waals surface area contributed by atoms with Gasteiger partial charge in [-0.2, -0.15) is 0 Å². The van der Waals surface area contributed by atoms with Crippen LogP contribution in [0, 0.1) is 12.7 Å². The lowest BCUT2D eigenvalue weighted by Crippen LogP contribution is -2.54. The summed E-state index contributed by atoms with van der Waals surface area (Å²) in [4.78, 5) is 34.8. The summed E-state index contributed by atoms with van der Waals surface area (Å²) in [6.45, 7) is 9.81. The lowest BCUT2D eigenvalue weighted by molar-refractivity contribution is -0.130. The first-order valence-electron chi connectivity index (χ1n) is 13.3. The molecule has 0 unspecified atom stereocenters. The lowest BCUT2D eigenvalue weighted by Gasteiger charge is -2.40. The monoisotopic (exact) mass is 548 g/mol. The number of nitrogens with one attached hydrogen (secondary N) is 1. The van der Waals surface area contributed by atoms with E-state index in [1.165, 1.54) is 17.0 Å². The van der Waals surface area contributed by atoms with Crippen molar-refractivity contribution in [2.24, 2.45) is 0 Å². The number of carbonyl (C=O) groups is 2. The molecule has 204 valence electrons. The molecule has 39 heavy (non-hydrogen) atoms. The number of carbonyl (C=O) groups excluding carboxylic acids is 2. The number of benzene rings is 2. The van der Waals surface area contributed by atoms with Gasteiger partial charge in [-0.15, -0.1) is 11.3 Å². The van der Waals surface area contributed by atoms with Crippen LogP contribution in [0.15, 0.2) is 55.1 Å². The number of nitrogens with zero attached hydrogens (tertiary/aromatic N) is 3. The van der Waals surface area contributed by atoms with Crippen LogP contribution in [-0.4, -0.2) is 58.8 Å². The highest BCUT2D eigenvalue weighted by molar-refractivity contribution is 7.16. The van der Waals surface area contributed by atoms with E-state index in [0.717, 1.165) is 30.5 Å². The first kappa shape index (κ1) is 27.0. The van der Waals surface area contributed by atoms with E-state index in [2.05, 4.69) is 21.8 Å².